The van der Waals surface area contributed by atoms with Gasteiger partial charge in [-0.3, -0.25) is 14.3 Å². The number of carbonyl (C=O) groups is 1. The molecular weight excluding hydrogens is 281 g/mol. The highest BCUT2D eigenvalue weighted by Gasteiger charge is 2.33. The summed E-state index contributed by atoms with van der Waals surface area (Å²) in [6, 6.07) is 6.09. The van der Waals surface area contributed by atoms with Crippen molar-refractivity contribution in [1.29, 1.82) is 5.26 Å². The minimum atomic E-state index is -1.18. The second kappa shape index (κ2) is 4.42. The van der Waals surface area contributed by atoms with Crippen LogP contribution in [-0.2, 0) is 4.74 Å². The zero-order chi connectivity index (χ0) is 15.1. The molecule has 2 aromatic rings. The van der Waals surface area contributed by atoms with Crippen molar-refractivity contribution < 1.29 is 13.9 Å². The van der Waals surface area contributed by atoms with Crippen molar-refractivity contribution in [2.45, 2.75) is 6.23 Å². The molecule has 1 atom stereocenters. The van der Waals surface area contributed by atoms with Gasteiger partial charge >= 0.3 is 11.7 Å². The number of halogens is 1. The van der Waals surface area contributed by atoms with Crippen molar-refractivity contribution in [2.75, 3.05) is 0 Å². The average molecular weight is 287 g/mol. The molecule has 0 saturated carbocycles. The van der Waals surface area contributed by atoms with Gasteiger partial charge in [0.25, 0.3) is 5.56 Å². The molecule has 0 radical (unpaired) electrons. The summed E-state index contributed by atoms with van der Waals surface area (Å²) in [5, 5.41) is 8.80. The molecule has 1 aliphatic rings. The highest BCUT2D eigenvalue weighted by molar-refractivity contribution is 5.94. The van der Waals surface area contributed by atoms with E-state index in [-0.39, 0.29) is 11.1 Å². The third kappa shape index (κ3) is 1.92. The van der Waals surface area contributed by atoms with E-state index >= 15 is 0 Å². The maximum Gasteiger partial charge on any atom is 0.340 e. The van der Waals surface area contributed by atoms with E-state index in [9.17, 15) is 18.8 Å². The van der Waals surface area contributed by atoms with E-state index in [1.165, 1.54) is 18.2 Å². The number of aromatic nitrogens is 2. The van der Waals surface area contributed by atoms with Gasteiger partial charge in [0.15, 0.2) is 0 Å². The molecule has 7 nitrogen and oxygen atoms in total. The molecular formula is C13H6FN3O4. The van der Waals surface area contributed by atoms with Gasteiger partial charge in [-0.05, 0) is 12.1 Å². The fraction of sp³-hybridized carbons (Fsp3) is 0.0769. The predicted molar refractivity (Wildman–Crippen MR) is 66.0 cm³/mol. The van der Waals surface area contributed by atoms with Gasteiger partial charge in [-0.25, -0.2) is 9.59 Å². The van der Waals surface area contributed by atoms with Crippen LogP contribution >= 0.6 is 0 Å². The Kier molecular flexibility index (Phi) is 2.69. The number of esters is 1. The number of hydrogen-bond acceptors (Lipinski definition) is 5. The molecule has 0 saturated heterocycles. The second-order valence-corrected chi connectivity index (χ2v) is 4.32. The average Bonchev–Trinajstić information content (AvgIpc) is 2.79. The lowest BCUT2D eigenvalue weighted by Crippen LogP contribution is -2.34. The first-order chi connectivity index (χ1) is 10.0. The van der Waals surface area contributed by atoms with Crippen LogP contribution in [0.2, 0.25) is 0 Å². The number of ether oxygens (including phenoxy) is 1. The van der Waals surface area contributed by atoms with Gasteiger partial charge in [0, 0.05) is 5.56 Å². The number of carbonyl (C=O) groups excluding carboxylic acids is 1. The molecule has 1 aliphatic heterocycles. The molecule has 8 heteroatoms. The minimum absolute atomic E-state index is 0.123. The van der Waals surface area contributed by atoms with Crippen LogP contribution < -0.4 is 11.2 Å². The zero-order valence-corrected chi connectivity index (χ0v) is 10.3. The third-order valence-electron chi connectivity index (χ3n) is 3.06. The first-order valence-electron chi connectivity index (χ1n) is 5.77. The molecule has 0 fully saturated rings. The normalized spacial score (nSPS) is 16.2. The standard InChI is InChI=1S/C13H6FN3O4/c14-9-5-17(13(20)16-10(9)18)11-7-2-1-6(4-15)3-8(7)12(19)21-11/h1-3,5,11H,(H,16,18,20). The van der Waals surface area contributed by atoms with Crippen molar-refractivity contribution in [3.63, 3.8) is 0 Å². The molecule has 1 N–H and O–H groups in total. The Balaban J connectivity index is 2.19. The third-order valence-corrected chi connectivity index (χ3v) is 3.06. The predicted octanol–water partition coefficient (Wildman–Crippen LogP) is 0.265. The van der Waals surface area contributed by atoms with Crippen LogP contribution in [-0.4, -0.2) is 15.5 Å². The minimum Gasteiger partial charge on any atom is -0.433 e. The number of benzene rings is 1. The Hall–Kier alpha value is -3.21. The first kappa shape index (κ1) is 12.8. The number of nitriles is 1. The van der Waals surface area contributed by atoms with E-state index < -0.39 is 29.3 Å². The molecule has 104 valence electrons. The smallest absolute Gasteiger partial charge is 0.340 e. The first-order valence-corrected chi connectivity index (χ1v) is 5.77. The molecule has 0 spiro atoms. The fourth-order valence-corrected chi connectivity index (χ4v) is 2.09. The Morgan fingerprint density at radius 2 is 2.10 bits per heavy atom. The summed E-state index contributed by atoms with van der Waals surface area (Å²) in [6.45, 7) is 0. The molecule has 0 bridgehead atoms. The Morgan fingerprint density at radius 3 is 2.81 bits per heavy atom. The van der Waals surface area contributed by atoms with Crippen LogP contribution in [0, 0.1) is 17.1 Å². The summed E-state index contributed by atoms with van der Waals surface area (Å²) < 4.78 is 19.1. The molecule has 1 aromatic heterocycles. The van der Waals surface area contributed by atoms with Gasteiger partial charge in [-0.2, -0.15) is 9.65 Å². The van der Waals surface area contributed by atoms with E-state index in [4.69, 9.17) is 10.00 Å². The van der Waals surface area contributed by atoms with E-state index in [1.807, 2.05) is 6.07 Å². The van der Waals surface area contributed by atoms with Crippen LogP contribution in [0.1, 0.15) is 27.7 Å². The van der Waals surface area contributed by atoms with Crippen LogP contribution in [0.5, 0.6) is 0 Å². The molecule has 3 rings (SSSR count). The molecule has 0 amide bonds. The van der Waals surface area contributed by atoms with Gasteiger partial charge in [-0.15, -0.1) is 0 Å². The zero-order valence-electron chi connectivity index (χ0n) is 10.3. The number of rotatable bonds is 1. The number of nitrogens with one attached hydrogen (secondary N) is 1. The lowest BCUT2D eigenvalue weighted by Gasteiger charge is -2.13. The number of hydrogen-bond donors (Lipinski definition) is 1. The van der Waals surface area contributed by atoms with E-state index in [0.29, 0.717) is 11.8 Å². The topological polar surface area (TPSA) is 105 Å². The Labute approximate surface area is 115 Å². The number of aromatic amines is 1. The van der Waals surface area contributed by atoms with Crippen LogP contribution in [0.4, 0.5) is 4.39 Å². The number of cyclic esters (lactones) is 1. The quantitative estimate of drug-likeness (QED) is 0.758. The largest absolute Gasteiger partial charge is 0.433 e. The van der Waals surface area contributed by atoms with Crippen molar-refractivity contribution >= 4 is 5.97 Å². The SMILES string of the molecule is N#Cc1ccc2c(c1)C(=O)OC2n1cc(F)c(=O)[nH]c1=O. The molecule has 1 aromatic carbocycles. The van der Waals surface area contributed by atoms with E-state index in [2.05, 4.69) is 0 Å². The summed E-state index contributed by atoms with van der Waals surface area (Å²) in [4.78, 5) is 36.3. The fourth-order valence-electron chi connectivity index (χ4n) is 2.09. The van der Waals surface area contributed by atoms with Crippen LogP contribution in [0.15, 0.2) is 34.0 Å². The van der Waals surface area contributed by atoms with Gasteiger partial charge in [0.1, 0.15) is 0 Å². The lowest BCUT2D eigenvalue weighted by atomic mass is 10.1. The van der Waals surface area contributed by atoms with Gasteiger partial charge in [-0.1, -0.05) is 6.07 Å². The van der Waals surface area contributed by atoms with Gasteiger partial charge < -0.3 is 4.74 Å². The second-order valence-electron chi connectivity index (χ2n) is 4.32. The highest BCUT2D eigenvalue weighted by Crippen LogP contribution is 2.31. The highest BCUT2D eigenvalue weighted by atomic mass is 19.1. The van der Waals surface area contributed by atoms with E-state index in [1.54, 1.807) is 4.98 Å². The maximum atomic E-state index is 13.3. The van der Waals surface area contributed by atoms with Crippen LogP contribution in [0.3, 0.4) is 0 Å². The van der Waals surface area contributed by atoms with E-state index in [0.717, 1.165) is 4.57 Å². The van der Waals surface area contributed by atoms with Gasteiger partial charge in [0.2, 0.25) is 12.0 Å². The van der Waals surface area contributed by atoms with Crippen molar-refractivity contribution in [3.8, 4) is 6.07 Å². The summed E-state index contributed by atoms with van der Waals surface area (Å²) in [6.07, 6.45) is -0.508. The number of fused-ring (bicyclic) bond motifs is 1. The Morgan fingerprint density at radius 1 is 1.33 bits per heavy atom. The van der Waals surface area contributed by atoms with Crippen molar-refractivity contribution in [2.24, 2.45) is 0 Å². The van der Waals surface area contributed by atoms with Crippen molar-refractivity contribution in [1.82, 2.24) is 9.55 Å². The van der Waals surface area contributed by atoms with Crippen LogP contribution in [0.25, 0.3) is 0 Å². The summed E-state index contributed by atoms with van der Waals surface area (Å²) in [7, 11) is 0. The van der Waals surface area contributed by atoms with Crippen molar-refractivity contribution in [3.05, 3.63) is 67.7 Å². The summed E-state index contributed by atoms with van der Waals surface area (Å²) >= 11 is 0. The number of H-pyrrole nitrogens is 1. The Bertz CT molecular complexity index is 922. The molecule has 1 unspecified atom stereocenters. The molecule has 2 heterocycles. The summed E-state index contributed by atoms with van der Waals surface area (Å²) in [5.41, 5.74) is -1.37. The summed E-state index contributed by atoms with van der Waals surface area (Å²) in [5.74, 6) is -1.90. The monoisotopic (exact) mass is 287 g/mol. The lowest BCUT2D eigenvalue weighted by molar-refractivity contribution is 0.0307. The number of nitrogens with zero attached hydrogens (tertiary/aromatic N) is 2. The molecule has 0 aliphatic carbocycles. The molecule has 21 heavy (non-hydrogen) atoms. The van der Waals surface area contributed by atoms with Gasteiger partial charge in [0.05, 0.1) is 23.4 Å². The maximum absolute atomic E-state index is 13.3.